The van der Waals surface area contributed by atoms with Crippen LogP contribution in [0.4, 0.5) is 0 Å². The van der Waals surface area contributed by atoms with E-state index in [9.17, 15) is 8.42 Å². The van der Waals surface area contributed by atoms with Crippen molar-refractivity contribution in [3.8, 4) is 0 Å². The molecule has 0 radical (unpaired) electrons. The summed E-state index contributed by atoms with van der Waals surface area (Å²) in [7, 11) is -3.53. The van der Waals surface area contributed by atoms with Crippen molar-refractivity contribution in [3.05, 3.63) is 53.3 Å². The van der Waals surface area contributed by atoms with E-state index < -0.39 is 10.0 Å². The van der Waals surface area contributed by atoms with Crippen LogP contribution in [0.15, 0.2) is 47.5 Å². The summed E-state index contributed by atoms with van der Waals surface area (Å²) in [6.07, 6.45) is 1.97. The number of nitrogens with zero attached hydrogens (tertiary/aromatic N) is 2. The van der Waals surface area contributed by atoms with Crippen molar-refractivity contribution in [1.82, 2.24) is 8.87 Å². The second kappa shape index (κ2) is 4.67. The van der Waals surface area contributed by atoms with Gasteiger partial charge in [0.1, 0.15) is 4.90 Å². The zero-order chi connectivity index (χ0) is 13.5. The fraction of sp³-hybridized carbons (Fsp3) is 0.231. The predicted octanol–water partition coefficient (Wildman–Crippen LogP) is 2.35. The summed E-state index contributed by atoms with van der Waals surface area (Å²) in [5, 5.41) is 0.267. The fourth-order valence-corrected chi connectivity index (χ4v) is 4.18. The molecule has 1 aromatic carbocycles. The third kappa shape index (κ3) is 2.18. The fourth-order valence-electron chi connectivity index (χ4n) is 2.29. The van der Waals surface area contributed by atoms with Gasteiger partial charge in [0.2, 0.25) is 10.0 Å². The van der Waals surface area contributed by atoms with E-state index in [1.165, 1.54) is 4.31 Å². The highest BCUT2D eigenvalue weighted by atomic mass is 35.5. The van der Waals surface area contributed by atoms with Crippen LogP contribution in [0.1, 0.15) is 5.69 Å². The maximum Gasteiger partial charge on any atom is 0.244 e. The Morgan fingerprint density at radius 3 is 2.63 bits per heavy atom. The first-order valence-corrected chi connectivity index (χ1v) is 7.79. The molecule has 0 spiro atoms. The average Bonchev–Trinajstić information content (AvgIpc) is 2.86. The molecule has 3 rings (SSSR count). The molecule has 1 aliphatic rings. The molecule has 2 aromatic rings. The lowest BCUT2D eigenvalue weighted by Crippen LogP contribution is -2.37. The number of sulfonamides is 1. The Labute approximate surface area is 117 Å². The van der Waals surface area contributed by atoms with Gasteiger partial charge in [0.05, 0.1) is 11.6 Å². The van der Waals surface area contributed by atoms with Gasteiger partial charge in [0.25, 0.3) is 0 Å². The van der Waals surface area contributed by atoms with E-state index in [0.29, 0.717) is 19.6 Å². The number of aromatic nitrogens is 1. The molecule has 1 aromatic heterocycles. The topological polar surface area (TPSA) is 42.3 Å². The van der Waals surface area contributed by atoms with Gasteiger partial charge in [-0.2, -0.15) is 4.31 Å². The van der Waals surface area contributed by atoms with Crippen LogP contribution in [0.5, 0.6) is 0 Å². The van der Waals surface area contributed by atoms with Crippen molar-refractivity contribution in [2.45, 2.75) is 18.0 Å². The van der Waals surface area contributed by atoms with Crippen LogP contribution in [0.25, 0.3) is 0 Å². The summed E-state index contributed by atoms with van der Waals surface area (Å²) in [6, 6.07) is 10.4. The van der Waals surface area contributed by atoms with Crippen LogP contribution in [-0.4, -0.2) is 23.8 Å². The Morgan fingerprint density at radius 2 is 1.84 bits per heavy atom. The Morgan fingerprint density at radius 1 is 1.05 bits per heavy atom. The van der Waals surface area contributed by atoms with Crippen LogP contribution in [0, 0.1) is 0 Å². The van der Waals surface area contributed by atoms with Crippen LogP contribution in [0.2, 0.25) is 5.02 Å². The molecule has 0 unspecified atom stereocenters. The molecular weight excluding hydrogens is 284 g/mol. The molecule has 0 fully saturated rings. The molecule has 0 amide bonds. The Kier molecular flexibility index (Phi) is 3.12. The molecule has 100 valence electrons. The number of halogens is 1. The van der Waals surface area contributed by atoms with Crippen molar-refractivity contribution in [3.63, 3.8) is 0 Å². The van der Waals surface area contributed by atoms with E-state index in [-0.39, 0.29) is 9.92 Å². The minimum Gasteiger partial charge on any atom is -0.349 e. The van der Waals surface area contributed by atoms with Crippen LogP contribution >= 0.6 is 11.6 Å². The predicted molar refractivity (Wildman–Crippen MR) is 73.5 cm³/mol. The van der Waals surface area contributed by atoms with E-state index in [1.807, 2.05) is 18.3 Å². The van der Waals surface area contributed by atoms with E-state index in [4.69, 9.17) is 11.6 Å². The van der Waals surface area contributed by atoms with Crippen molar-refractivity contribution < 1.29 is 8.42 Å². The lowest BCUT2D eigenvalue weighted by atomic mass is 10.3. The van der Waals surface area contributed by atoms with Crippen molar-refractivity contribution >= 4 is 21.6 Å². The van der Waals surface area contributed by atoms with Crippen LogP contribution in [-0.2, 0) is 23.1 Å². The molecule has 6 heteroatoms. The normalized spacial score (nSPS) is 16.3. The summed E-state index contributed by atoms with van der Waals surface area (Å²) >= 11 is 6.00. The van der Waals surface area contributed by atoms with Gasteiger partial charge in [0.15, 0.2) is 0 Å². The lowest BCUT2D eigenvalue weighted by Gasteiger charge is -2.28. The second-order valence-electron chi connectivity index (χ2n) is 4.46. The summed E-state index contributed by atoms with van der Waals surface area (Å²) in [6.45, 7) is 1.53. The van der Waals surface area contributed by atoms with Gasteiger partial charge in [-0.15, -0.1) is 0 Å². The molecule has 0 atom stereocenters. The highest BCUT2D eigenvalue weighted by Gasteiger charge is 2.29. The van der Waals surface area contributed by atoms with E-state index in [1.54, 1.807) is 24.3 Å². The molecular formula is C13H13ClN2O2S. The first-order chi connectivity index (χ1) is 9.09. The summed E-state index contributed by atoms with van der Waals surface area (Å²) < 4.78 is 28.7. The molecule has 0 bridgehead atoms. The van der Waals surface area contributed by atoms with Crippen molar-refractivity contribution in [2.24, 2.45) is 0 Å². The second-order valence-corrected chi connectivity index (χ2v) is 6.78. The number of rotatable bonds is 2. The minimum atomic E-state index is -3.53. The highest BCUT2D eigenvalue weighted by Crippen LogP contribution is 2.26. The highest BCUT2D eigenvalue weighted by molar-refractivity contribution is 7.89. The quantitative estimate of drug-likeness (QED) is 0.854. The third-order valence-electron chi connectivity index (χ3n) is 3.31. The van der Waals surface area contributed by atoms with Gasteiger partial charge in [0, 0.05) is 25.0 Å². The average molecular weight is 297 g/mol. The van der Waals surface area contributed by atoms with Gasteiger partial charge in [-0.3, -0.25) is 0 Å². The standard InChI is InChI=1S/C13H13ClN2O2S/c14-12-5-1-2-6-13(12)19(17,18)16-9-8-15-7-3-4-11(15)10-16/h1-7H,8-10H2. The van der Waals surface area contributed by atoms with Gasteiger partial charge < -0.3 is 4.57 Å². The number of hydrogen-bond donors (Lipinski definition) is 0. The van der Waals surface area contributed by atoms with E-state index in [2.05, 4.69) is 4.57 Å². The van der Waals surface area contributed by atoms with Gasteiger partial charge in [-0.1, -0.05) is 23.7 Å². The maximum atomic E-state index is 12.6. The molecule has 4 nitrogen and oxygen atoms in total. The Balaban J connectivity index is 1.97. The summed E-state index contributed by atoms with van der Waals surface area (Å²) in [4.78, 5) is 0.177. The molecule has 19 heavy (non-hydrogen) atoms. The zero-order valence-electron chi connectivity index (χ0n) is 10.2. The smallest absolute Gasteiger partial charge is 0.244 e. The monoisotopic (exact) mass is 296 g/mol. The van der Waals surface area contributed by atoms with Gasteiger partial charge >= 0.3 is 0 Å². The first-order valence-electron chi connectivity index (χ1n) is 5.98. The number of hydrogen-bond acceptors (Lipinski definition) is 2. The maximum absolute atomic E-state index is 12.6. The molecule has 0 N–H and O–H groups in total. The minimum absolute atomic E-state index is 0.177. The SMILES string of the molecule is O=S(=O)(c1ccccc1Cl)N1CCn2cccc2C1. The summed E-state index contributed by atoms with van der Waals surface area (Å²) in [5.74, 6) is 0. The number of fused-ring (bicyclic) bond motifs is 1. The lowest BCUT2D eigenvalue weighted by molar-refractivity contribution is 0.341. The Bertz CT molecular complexity index is 709. The zero-order valence-corrected chi connectivity index (χ0v) is 11.7. The molecule has 0 saturated heterocycles. The first kappa shape index (κ1) is 12.7. The Hall–Kier alpha value is -1.30. The molecule has 0 aliphatic carbocycles. The molecule has 0 saturated carbocycles. The van der Waals surface area contributed by atoms with Crippen molar-refractivity contribution in [2.75, 3.05) is 6.54 Å². The largest absolute Gasteiger partial charge is 0.349 e. The van der Waals surface area contributed by atoms with Crippen LogP contribution < -0.4 is 0 Å². The third-order valence-corrected chi connectivity index (χ3v) is 5.65. The van der Waals surface area contributed by atoms with Gasteiger partial charge in [-0.05, 0) is 24.3 Å². The number of benzene rings is 1. The van der Waals surface area contributed by atoms with Crippen LogP contribution in [0.3, 0.4) is 0 Å². The summed E-state index contributed by atoms with van der Waals surface area (Å²) in [5.41, 5.74) is 1.00. The van der Waals surface area contributed by atoms with E-state index >= 15 is 0 Å². The van der Waals surface area contributed by atoms with Crippen molar-refractivity contribution in [1.29, 1.82) is 0 Å². The van der Waals surface area contributed by atoms with E-state index in [0.717, 1.165) is 5.69 Å². The molecule has 1 aliphatic heterocycles. The van der Waals surface area contributed by atoms with Gasteiger partial charge in [-0.25, -0.2) is 8.42 Å². The molecule has 2 heterocycles.